The van der Waals surface area contributed by atoms with E-state index in [1.165, 1.54) is 4.90 Å². The summed E-state index contributed by atoms with van der Waals surface area (Å²) in [5.41, 5.74) is 14.4. The molecule has 422 valence electrons. The second-order valence-corrected chi connectivity index (χ2v) is 24.3. The van der Waals surface area contributed by atoms with Crippen LogP contribution in [0, 0.1) is 18.8 Å². The number of para-hydroxylation sites is 1. The van der Waals surface area contributed by atoms with Gasteiger partial charge in [-0.25, -0.2) is 9.97 Å². The number of pyridine rings is 1. The molecule has 8 heterocycles. The fraction of sp³-hybridized carbons (Fsp3) is 0.517. The number of hydrogen-bond donors (Lipinski definition) is 4. The van der Waals surface area contributed by atoms with E-state index in [0.29, 0.717) is 52.6 Å². The van der Waals surface area contributed by atoms with Gasteiger partial charge in [0, 0.05) is 100 Å². The van der Waals surface area contributed by atoms with E-state index in [0.717, 1.165) is 117 Å². The molecule has 0 radical (unpaired) electrons. The van der Waals surface area contributed by atoms with E-state index >= 15 is 0 Å². The van der Waals surface area contributed by atoms with Gasteiger partial charge in [0.2, 0.25) is 17.7 Å². The number of aliphatic hydroxyl groups excluding tert-OH is 1. The lowest BCUT2D eigenvalue weighted by Crippen LogP contribution is -2.54. The van der Waals surface area contributed by atoms with E-state index in [-0.39, 0.29) is 66.9 Å². The Hall–Kier alpha value is -6.87. The van der Waals surface area contributed by atoms with Crippen LogP contribution in [0.5, 0.6) is 17.5 Å². The zero-order chi connectivity index (χ0) is 55.2. The Labute approximate surface area is 470 Å². The largest absolute Gasteiger partial charge is 0.507 e. The number of aryl methyl sites for hydroxylation is 1. The van der Waals surface area contributed by atoms with E-state index in [9.17, 15) is 19.8 Å². The summed E-state index contributed by atoms with van der Waals surface area (Å²) >= 11 is 1.59. The third-order valence-electron chi connectivity index (χ3n) is 17.5. The van der Waals surface area contributed by atoms with E-state index in [2.05, 4.69) is 57.5 Å². The van der Waals surface area contributed by atoms with Crippen molar-refractivity contribution in [1.82, 2.24) is 40.4 Å². The number of phenols is 1. The van der Waals surface area contributed by atoms with Crippen LogP contribution in [0.3, 0.4) is 0 Å². The number of aliphatic hydroxyl groups is 1. The SMILES string of the molecule is Cc1ncsc1-c1ccc([C@H](C)NC(=O)[C@@H]2C[C@@H](O)CN2C(=O)[C@@H](c2cc(OC3CC(CN4CCC(OC5CC(Oc6cc(N7C8CC[C@@H]7CN(c7cc(-c9ccccc9O)nnc7N)C8)ccn6)C5)CC4)C3)no2)C(C)C)cc1. The topological polar surface area (TPSA) is 231 Å². The van der Waals surface area contributed by atoms with Crippen LogP contribution in [0.1, 0.15) is 108 Å². The number of phenolic OH excluding ortho intramolecular Hbond substituents is 1. The number of nitrogens with one attached hydrogen (secondary N) is 1. The maximum Gasteiger partial charge on any atom is 0.254 e. The Morgan fingerprint density at radius 3 is 2.30 bits per heavy atom. The Morgan fingerprint density at radius 1 is 0.838 bits per heavy atom. The summed E-state index contributed by atoms with van der Waals surface area (Å²) in [6.45, 7) is 12.5. The Bertz CT molecular complexity index is 3120. The normalized spacial score (nSPS) is 25.8. The number of ether oxygens (including phenoxy) is 3. The minimum atomic E-state index is -0.820. The summed E-state index contributed by atoms with van der Waals surface area (Å²) in [6.07, 6.45) is 9.47. The highest BCUT2D eigenvalue weighted by Gasteiger charge is 2.45. The number of carbonyl (C=O) groups excluding carboxylic acids is 2. The van der Waals surface area contributed by atoms with Gasteiger partial charge >= 0.3 is 0 Å². The molecule has 2 saturated carbocycles. The second-order valence-electron chi connectivity index (χ2n) is 23.4. The summed E-state index contributed by atoms with van der Waals surface area (Å²) in [6, 6.07) is 22.5. The number of nitrogen functional groups attached to an aromatic ring is 1. The molecule has 4 saturated heterocycles. The number of thiazole rings is 1. The zero-order valence-electron chi connectivity index (χ0n) is 46.0. The molecule has 5 N–H and O–H groups in total. The number of aromatic nitrogens is 5. The van der Waals surface area contributed by atoms with Gasteiger partial charge < -0.3 is 59.6 Å². The highest BCUT2D eigenvalue weighted by molar-refractivity contribution is 7.13. The molecule has 6 atom stereocenters. The number of piperazine rings is 1. The summed E-state index contributed by atoms with van der Waals surface area (Å²) in [7, 11) is 0. The van der Waals surface area contributed by atoms with Gasteiger partial charge in [-0.05, 0) is 105 Å². The molecule has 4 aliphatic heterocycles. The Morgan fingerprint density at radius 2 is 1.57 bits per heavy atom. The van der Waals surface area contributed by atoms with Crippen molar-refractivity contribution in [3.63, 3.8) is 0 Å². The van der Waals surface area contributed by atoms with Crippen LogP contribution in [-0.4, -0.2) is 145 Å². The summed E-state index contributed by atoms with van der Waals surface area (Å²) in [4.78, 5) is 47.0. The molecule has 0 spiro atoms. The monoisotopic (exact) mass is 1110 g/mol. The van der Waals surface area contributed by atoms with Crippen molar-refractivity contribution in [2.75, 3.05) is 54.8 Å². The van der Waals surface area contributed by atoms with Crippen LogP contribution < -0.4 is 30.3 Å². The molecular weight excluding hydrogens is 1030 g/mol. The van der Waals surface area contributed by atoms with Gasteiger partial charge in [0.1, 0.15) is 29.9 Å². The summed E-state index contributed by atoms with van der Waals surface area (Å²) in [5.74, 6) is 1.03. The van der Waals surface area contributed by atoms with E-state index in [4.69, 9.17) is 24.5 Å². The number of piperidine rings is 1. The van der Waals surface area contributed by atoms with Gasteiger partial charge in [0.05, 0.1) is 51.8 Å². The average molecular weight is 1110 g/mol. The number of aromatic hydroxyl groups is 1. The molecule has 80 heavy (non-hydrogen) atoms. The predicted molar refractivity (Wildman–Crippen MR) is 303 cm³/mol. The molecule has 4 aromatic heterocycles. The zero-order valence-corrected chi connectivity index (χ0v) is 46.8. The third-order valence-corrected chi connectivity index (χ3v) is 18.4. The van der Waals surface area contributed by atoms with Gasteiger partial charge in [0.25, 0.3) is 5.88 Å². The van der Waals surface area contributed by atoms with Gasteiger partial charge in [0.15, 0.2) is 11.6 Å². The molecule has 6 aliphatic rings. The van der Waals surface area contributed by atoms with Crippen LogP contribution in [0.2, 0.25) is 0 Å². The van der Waals surface area contributed by atoms with Crippen LogP contribution >= 0.6 is 11.3 Å². The number of benzene rings is 2. The Kier molecular flexibility index (Phi) is 15.4. The van der Waals surface area contributed by atoms with Crippen molar-refractivity contribution in [1.29, 1.82) is 0 Å². The fourth-order valence-electron chi connectivity index (χ4n) is 13.1. The molecule has 2 aromatic carbocycles. The highest BCUT2D eigenvalue weighted by Crippen LogP contribution is 2.42. The molecule has 2 amide bonds. The van der Waals surface area contributed by atoms with E-state index in [1.54, 1.807) is 29.5 Å². The molecule has 12 rings (SSSR count). The molecular formula is C60H73N11O8S. The minimum Gasteiger partial charge on any atom is -0.507 e. The third kappa shape index (κ3) is 11.4. The average Bonchev–Trinajstić information content (AvgIpc) is 4.27. The molecule has 6 fully saturated rings. The van der Waals surface area contributed by atoms with Crippen LogP contribution in [0.4, 0.5) is 17.2 Å². The summed E-state index contributed by atoms with van der Waals surface area (Å²) in [5, 5.41) is 37.1. The highest BCUT2D eigenvalue weighted by atomic mass is 32.1. The quantitative estimate of drug-likeness (QED) is 0.0640. The number of likely N-dealkylation sites (tertiary alicyclic amines) is 2. The van der Waals surface area contributed by atoms with Crippen molar-refractivity contribution >= 4 is 40.3 Å². The van der Waals surface area contributed by atoms with E-state index in [1.807, 2.05) is 81.9 Å². The summed E-state index contributed by atoms with van der Waals surface area (Å²) < 4.78 is 25.1. The number of hydrogen-bond acceptors (Lipinski definition) is 18. The lowest BCUT2D eigenvalue weighted by molar-refractivity contribution is -0.141. The number of anilines is 3. The number of nitrogens with two attached hydrogens (primary N) is 1. The second kappa shape index (κ2) is 22.9. The number of nitrogens with zero attached hydrogens (tertiary/aromatic N) is 9. The first kappa shape index (κ1) is 53.8. The number of fused-ring (bicyclic) bond motifs is 2. The molecule has 2 aliphatic carbocycles. The number of amides is 2. The van der Waals surface area contributed by atoms with Gasteiger partial charge in [-0.2, -0.15) is 0 Å². The van der Waals surface area contributed by atoms with Crippen LogP contribution in [0.15, 0.2) is 89.0 Å². The first-order valence-electron chi connectivity index (χ1n) is 28.6. The molecule has 2 bridgehead atoms. The number of rotatable bonds is 18. The van der Waals surface area contributed by atoms with Crippen molar-refractivity contribution in [3.8, 4) is 39.2 Å². The van der Waals surface area contributed by atoms with Crippen molar-refractivity contribution in [3.05, 3.63) is 102 Å². The lowest BCUT2D eigenvalue weighted by atomic mass is 9.81. The van der Waals surface area contributed by atoms with Gasteiger partial charge in [-0.1, -0.05) is 50.2 Å². The van der Waals surface area contributed by atoms with Crippen molar-refractivity contribution < 1.29 is 38.5 Å². The molecule has 20 heteroatoms. The first-order chi connectivity index (χ1) is 38.8. The number of β-amino-alcohol motifs (C(OH)–C–C–N with tert-alkyl or cyclic N) is 1. The van der Waals surface area contributed by atoms with Gasteiger partial charge in [-0.3, -0.25) is 9.59 Å². The smallest absolute Gasteiger partial charge is 0.254 e. The number of carbonyl (C=O) groups is 2. The first-order valence-corrected chi connectivity index (χ1v) is 29.5. The lowest BCUT2D eigenvalue weighted by Gasteiger charge is -2.43. The predicted octanol–water partition coefficient (Wildman–Crippen LogP) is 7.93. The standard InChI is InChI=1S/C60H73N11O8S/c1-34(2)56(60(75)70-32-43(72)24-51(70)59(74)64-35(3)38-9-11-39(12-10-38)57-36(4)63-33-80-57)53-28-55(67-79-53)78-45-21-37(22-45)29-68-19-16-44(17-20-68)76-46-25-47(26-46)77-54-23-40(15-18-62-54)71-41-13-14-42(71)31-69(30-41)50-27-49(65-66-58(50)61)48-7-5-6-8-52(48)73/h5-12,15,18,23,27-28,33-35,37,41-47,51,56,72-73H,13-14,16-17,19-22,24-26,29-32H2,1-4H3,(H2,61,66)(H,64,74)/t35-,37?,41+,42?,43+,45?,46?,47?,51-,56+/m0/s1. The van der Waals surface area contributed by atoms with E-state index < -0.39 is 18.1 Å². The Balaban J connectivity index is 0.555. The van der Waals surface area contributed by atoms with Crippen molar-refractivity contribution in [2.24, 2.45) is 11.8 Å². The van der Waals surface area contributed by atoms with Crippen molar-refractivity contribution in [2.45, 2.75) is 146 Å². The van der Waals surface area contributed by atoms with Gasteiger partial charge in [-0.15, -0.1) is 21.5 Å². The van der Waals surface area contributed by atoms with Crippen LogP contribution in [0.25, 0.3) is 21.7 Å². The van der Waals surface area contributed by atoms with Crippen LogP contribution in [-0.2, 0) is 14.3 Å². The molecule has 19 nitrogen and oxygen atoms in total. The maximum absolute atomic E-state index is 14.3. The minimum absolute atomic E-state index is 0.0187. The fourth-order valence-corrected chi connectivity index (χ4v) is 13.9. The molecule has 6 aromatic rings. The maximum atomic E-state index is 14.3. The molecule has 1 unspecified atom stereocenters.